The van der Waals surface area contributed by atoms with Crippen molar-refractivity contribution in [2.45, 2.75) is 51.4 Å². The van der Waals surface area contributed by atoms with Gasteiger partial charge in [-0.25, -0.2) is 0 Å². The first-order chi connectivity index (χ1) is 6.65. The van der Waals surface area contributed by atoms with Crippen molar-refractivity contribution in [3.63, 3.8) is 0 Å². The number of carbonyl (C=O) groups is 1. The molecule has 3 heteroatoms. The second-order valence-electron chi connectivity index (χ2n) is 4.65. The van der Waals surface area contributed by atoms with Crippen molar-refractivity contribution in [1.29, 1.82) is 0 Å². The zero-order valence-electron chi connectivity index (χ0n) is 9.03. The van der Waals surface area contributed by atoms with E-state index in [0.29, 0.717) is 24.0 Å². The molecule has 0 aromatic carbocycles. The number of carbonyl (C=O) groups excluding carboxylic acids is 1. The van der Waals surface area contributed by atoms with Gasteiger partial charge in [0.1, 0.15) is 5.78 Å². The van der Waals surface area contributed by atoms with E-state index in [0.717, 1.165) is 32.4 Å². The van der Waals surface area contributed by atoms with Crippen molar-refractivity contribution in [2.24, 2.45) is 0 Å². The average molecular weight is 197 g/mol. The second kappa shape index (κ2) is 3.99. The molecule has 1 saturated carbocycles. The number of ketones is 1. The molecule has 0 aromatic heterocycles. The van der Waals surface area contributed by atoms with Gasteiger partial charge in [0.15, 0.2) is 0 Å². The van der Waals surface area contributed by atoms with Crippen LogP contribution < -0.4 is 0 Å². The van der Waals surface area contributed by atoms with Crippen LogP contribution in [0.25, 0.3) is 0 Å². The standard InChI is InChI=1S/C11H19NO2/c1-8-6-12(7-9(2)14-8)10-3-4-11(13)5-10/h8-10H,3-7H2,1-2H3/t8-,9+,10?. The molecule has 3 nitrogen and oxygen atoms in total. The minimum atomic E-state index is 0.314. The van der Waals surface area contributed by atoms with Crippen LogP contribution in [0.4, 0.5) is 0 Å². The maximum Gasteiger partial charge on any atom is 0.134 e. The van der Waals surface area contributed by atoms with Crippen molar-refractivity contribution < 1.29 is 9.53 Å². The van der Waals surface area contributed by atoms with Gasteiger partial charge in [0.2, 0.25) is 0 Å². The zero-order valence-corrected chi connectivity index (χ0v) is 9.03. The minimum absolute atomic E-state index is 0.314. The monoisotopic (exact) mass is 197 g/mol. The first-order valence-corrected chi connectivity index (χ1v) is 5.56. The molecular weight excluding hydrogens is 178 g/mol. The molecule has 0 amide bonds. The first kappa shape index (κ1) is 10.1. The normalized spacial score (nSPS) is 40.4. The Morgan fingerprint density at radius 2 is 1.93 bits per heavy atom. The lowest BCUT2D eigenvalue weighted by Crippen LogP contribution is -2.49. The Morgan fingerprint density at radius 3 is 2.43 bits per heavy atom. The average Bonchev–Trinajstić information content (AvgIpc) is 2.50. The number of rotatable bonds is 1. The van der Waals surface area contributed by atoms with Crippen molar-refractivity contribution in [2.75, 3.05) is 13.1 Å². The molecule has 0 bridgehead atoms. The fourth-order valence-electron chi connectivity index (χ4n) is 2.62. The Morgan fingerprint density at radius 1 is 1.29 bits per heavy atom. The maximum atomic E-state index is 11.2. The van der Waals surface area contributed by atoms with Crippen LogP contribution in [-0.4, -0.2) is 42.0 Å². The molecule has 2 fully saturated rings. The Balaban J connectivity index is 1.93. The Kier molecular flexibility index (Phi) is 2.88. The second-order valence-corrected chi connectivity index (χ2v) is 4.65. The summed E-state index contributed by atoms with van der Waals surface area (Å²) in [6.07, 6.45) is 3.23. The molecule has 1 heterocycles. The van der Waals surface area contributed by atoms with Gasteiger partial charge in [0.05, 0.1) is 12.2 Å². The van der Waals surface area contributed by atoms with Gasteiger partial charge in [-0.1, -0.05) is 0 Å². The fraction of sp³-hybridized carbons (Fsp3) is 0.909. The van der Waals surface area contributed by atoms with Gasteiger partial charge >= 0.3 is 0 Å². The molecule has 3 atom stereocenters. The van der Waals surface area contributed by atoms with Crippen LogP contribution in [0, 0.1) is 0 Å². The summed E-state index contributed by atoms with van der Waals surface area (Å²) >= 11 is 0. The molecule has 0 N–H and O–H groups in total. The molecular formula is C11H19NO2. The third kappa shape index (κ3) is 2.15. The van der Waals surface area contributed by atoms with Crippen molar-refractivity contribution >= 4 is 5.78 Å². The minimum Gasteiger partial charge on any atom is -0.373 e. The van der Waals surface area contributed by atoms with E-state index >= 15 is 0 Å². The van der Waals surface area contributed by atoms with E-state index < -0.39 is 0 Å². The molecule has 0 aromatic rings. The Labute approximate surface area is 85.4 Å². The van der Waals surface area contributed by atoms with Crippen LogP contribution in [0.15, 0.2) is 0 Å². The van der Waals surface area contributed by atoms with Crippen LogP contribution in [0.5, 0.6) is 0 Å². The summed E-state index contributed by atoms with van der Waals surface area (Å²) in [4.78, 5) is 13.6. The Hall–Kier alpha value is -0.410. The quantitative estimate of drug-likeness (QED) is 0.633. The molecule has 1 unspecified atom stereocenters. The smallest absolute Gasteiger partial charge is 0.134 e. The molecule has 14 heavy (non-hydrogen) atoms. The van der Waals surface area contributed by atoms with Gasteiger partial charge in [-0.2, -0.15) is 0 Å². The molecule has 1 aliphatic carbocycles. The molecule has 2 rings (SSSR count). The van der Waals surface area contributed by atoms with E-state index in [4.69, 9.17) is 4.74 Å². The molecule has 0 spiro atoms. The van der Waals surface area contributed by atoms with Crippen LogP contribution in [0.3, 0.4) is 0 Å². The van der Waals surface area contributed by atoms with Gasteiger partial charge in [0.25, 0.3) is 0 Å². The third-order valence-corrected chi connectivity index (χ3v) is 3.18. The van der Waals surface area contributed by atoms with E-state index in [1.165, 1.54) is 0 Å². The predicted molar refractivity (Wildman–Crippen MR) is 54.2 cm³/mol. The highest BCUT2D eigenvalue weighted by molar-refractivity contribution is 5.81. The fourth-order valence-corrected chi connectivity index (χ4v) is 2.62. The van der Waals surface area contributed by atoms with Gasteiger partial charge in [0, 0.05) is 32.0 Å². The lowest BCUT2D eigenvalue weighted by Gasteiger charge is -2.38. The van der Waals surface area contributed by atoms with Crippen LogP contribution in [0.1, 0.15) is 33.1 Å². The van der Waals surface area contributed by atoms with Crippen LogP contribution in [-0.2, 0) is 9.53 Å². The van der Waals surface area contributed by atoms with E-state index in [1.54, 1.807) is 0 Å². The number of hydrogen-bond donors (Lipinski definition) is 0. The number of hydrogen-bond acceptors (Lipinski definition) is 3. The predicted octanol–water partition coefficient (Wildman–Crippen LogP) is 1.22. The molecule has 80 valence electrons. The van der Waals surface area contributed by atoms with Gasteiger partial charge in [-0.3, -0.25) is 9.69 Å². The highest BCUT2D eigenvalue weighted by Gasteiger charge is 2.32. The number of Topliss-reactive ketones (excluding diaryl/α,β-unsaturated/α-hetero) is 1. The topological polar surface area (TPSA) is 29.5 Å². The summed E-state index contributed by atoms with van der Waals surface area (Å²) in [5, 5.41) is 0. The SMILES string of the molecule is C[C@@H]1CN(C2CCC(=O)C2)C[C@H](C)O1. The highest BCUT2D eigenvalue weighted by atomic mass is 16.5. The largest absolute Gasteiger partial charge is 0.373 e. The molecule has 1 saturated heterocycles. The number of morpholine rings is 1. The highest BCUT2D eigenvalue weighted by Crippen LogP contribution is 2.24. The van der Waals surface area contributed by atoms with Gasteiger partial charge in [-0.05, 0) is 20.3 Å². The summed E-state index contributed by atoms with van der Waals surface area (Å²) < 4.78 is 5.68. The van der Waals surface area contributed by atoms with Crippen molar-refractivity contribution in [1.82, 2.24) is 4.90 Å². The zero-order chi connectivity index (χ0) is 10.1. The third-order valence-electron chi connectivity index (χ3n) is 3.18. The lowest BCUT2D eigenvalue weighted by atomic mass is 10.1. The van der Waals surface area contributed by atoms with Crippen molar-refractivity contribution in [3.05, 3.63) is 0 Å². The lowest BCUT2D eigenvalue weighted by molar-refractivity contribution is -0.118. The first-order valence-electron chi connectivity index (χ1n) is 5.56. The molecule has 0 radical (unpaired) electrons. The molecule has 2 aliphatic rings. The van der Waals surface area contributed by atoms with Crippen LogP contribution in [0.2, 0.25) is 0 Å². The summed E-state index contributed by atoms with van der Waals surface area (Å²) in [7, 11) is 0. The number of nitrogens with zero attached hydrogens (tertiary/aromatic N) is 1. The van der Waals surface area contributed by atoms with Gasteiger partial charge < -0.3 is 4.74 Å². The molecule has 1 aliphatic heterocycles. The van der Waals surface area contributed by atoms with Gasteiger partial charge in [-0.15, -0.1) is 0 Å². The summed E-state index contributed by atoms with van der Waals surface area (Å²) in [5.74, 6) is 0.432. The van der Waals surface area contributed by atoms with E-state index in [2.05, 4.69) is 18.7 Å². The summed E-state index contributed by atoms with van der Waals surface area (Å²) in [6, 6.07) is 0.497. The van der Waals surface area contributed by atoms with E-state index in [9.17, 15) is 4.79 Å². The Bertz CT molecular complexity index is 219. The summed E-state index contributed by atoms with van der Waals surface area (Å²) in [5.41, 5.74) is 0. The number of ether oxygens (including phenoxy) is 1. The maximum absolute atomic E-state index is 11.2. The van der Waals surface area contributed by atoms with E-state index in [-0.39, 0.29) is 0 Å². The van der Waals surface area contributed by atoms with Crippen molar-refractivity contribution in [3.8, 4) is 0 Å². The van der Waals surface area contributed by atoms with E-state index in [1.807, 2.05) is 0 Å². The van der Waals surface area contributed by atoms with Crippen LogP contribution >= 0.6 is 0 Å². The summed E-state index contributed by atoms with van der Waals surface area (Å²) in [6.45, 7) is 6.20.